The Morgan fingerprint density at radius 2 is 1.71 bits per heavy atom. The topological polar surface area (TPSA) is 73.2 Å². The van der Waals surface area contributed by atoms with Gasteiger partial charge in [0.05, 0.1) is 0 Å². The van der Waals surface area contributed by atoms with E-state index in [1.165, 1.54) is 17.0 Å². The fourth-order valence-corrected chi connectivity index (χ4v) is 2.09. The summed E-state index contributed by atoms with van der Waals surface area (Å²) in [6.45, 7) is -0.0884. The van der Waals surface area contributed by atoms with Crippen molar-refractivity contribution in [3.05, 3.63) is 83.5 Å². The standard InChI is InChI=1S/C18H15N3O3/c22-17(13-21-12-4-11-19-18(21)23)20-14-7-9-16(10-8-14)24-15-5-2-1-3-6-15/h1-12H,13H2,(H,20,22). The predicted octanol–water partition coefficient (Wildman–Crippen LogP) is 2.67. The average Bonchev–Trinajstić information content (AvgIpc) is 2.60. The van der Waals surface area contributed by atoms with Gasteiger partial charge in [0.15, 0.2) is 0 Å². The maximum absolute atomic E-state index is 12.0. The lowest BCUT2D eigenvalue weighted by atomic mass is 10.3. The first-order valence-corrected chi connectivity index (χ1v) is 7.35. The zero-order valence-corrected chi connectivity index (χ0v) is 12.8. The molecule has 0 atom stereocenters. The Kier molecular flexibility index (Phi) is 4.67. The summed E-state index contributed by atoms with van der Waals surface area (Å²) in [5, 5.41) is 2.73. The molecule has 0 aliphatic carbocycles. The predicted molar refractivity (Wildman–Crippen MR) is 90.1 cm³/mol. The lowest BCUT2D eigenvalue weighted by Crippen LogP contribution is -2.28. The van der Waals surface area contributed by atoms with Crippen LogP contribution in [-0.2, 0) is 11.3 Å². The molecule has 0 aliphatic heterocycles. The van der Waals surface area contributed by atoms with Crippen LogP contribution in [0.2, 0.25) is 0 Å². The Labute approximate surface area is 138 Å². The molecular formula is C18H15N3O3. The molecule has 0 unspecified atom stereocenters. The second-order valence-electron chi connectivity index (χ2n) is 5.02. The Morgan fingerprint density at radius 1 is 1.00 bits per heavy atom. The normalized spacial score (nSPS) is 10.2. The van der Waals surface area contributed by atoms with Gasteiger partial charge < -0.3 is 10.1 Å². The van der Waals surface area contributed by atoms with Crippen molar-refractivity contribution in [2.45, 2.75) is 6.54 Å². The number of hydrogen-bond acceptors (Lipinski definition) is 4. The van der Waals surface area contributed by atoms with Crippen LogP contribution in [0.3, 0.4) is 0 Å². The van der Waals surface area contributed by atoms with Crippen LogP contribution in [0.5, 0.6) is 11.5 Å². The Bertz CT molecular complexity index is 874. The highest BCUT2D eigenvalue weighted by Crippen LogP contribution is 2.22. The molecule has 24 heavy (non-hydrogen) atoms. The third-order valence-electron chi connectivity index (χ3n) is 3.21. The number of rotatable bonds is 5. The number of carbonyl (C=O) groups excluding carboxylic acids is 1. The Balaban J connectivity index is 1.61. The summed E-state index contributed by atoms with van der Waals surface area (Å²) < 4.78 is 6.92. The van der Waals surface area contributed by atoms with Crippen molar-refractivity contribution in [3.8, 4) is 11.5 Å². The fraction of sp³-hybridized carbons (Fsp3) is 0.0556. The van der Waals surface area contributed by atoms with Crippen molar-refractivity contribution in [2.75, 3.05) is 5.32 Å². The smallest absolute Gasteiger partial charge is 0.347 e. The van der Waals surface area contributed by atoms with Crippen molar-refractivity contribution in [3.63, 3.8) is 0 Å². The van der Waals surface area contributed by atoms with Gasteiger partial charge in [-0.3, -0.25) is 9.36 Å². The van der Waals surface area contributed by atoms with Crippen molar-refractivity contribution in [1.82, 2.24) is 9.55 Å². The van der Waals surface area contributed by atoms with Gasteiger partial charge in [-0.15, -0.1) is 0 Å². The molecule has 1 aromatic heterocycles. The number of nitrogens with one attached hydrogen (secondary N) is 1. The van der Waals surface area contributed by atoms with E-state index in [2.05, 4.69) is 10.3 Å². The van der Waals surface area contributed by atoms with Crippen molar-refractivity contribution < 1.29 is 9.53 Å². The Morgan fingerprint density at radius 3 is 2.42 bits per heavy atom. The maximum atomic E-state index is 12.0. The molecule has 1 amide bonds. The molecule has 6 nitrogen and oxygen atoms in total. The quantitative estimate of drug-likeness (QED) is 0.784. The fourth-order valence-electron chi connectivity index (χ4n) is 2.09. The number of ether oxygens (including phenoxy) is 1. The van der Waals surface area contributed by atoms with Crippen molar-refractivity contribution in [1.29, 1.82) is 0 Å². The molecule has 0 saturated carbocycles. The molecule has 3 rings (SSSR count). The second-order valence-corrected chi connectivity index (χ2v) is 5.02. The second kappa shape index (κ2) is 7.23. The minimum atomic E-state index is -0.459. The van der Waals surface area contributed by atoms with Gasteiger partial charge in [-0.25, -0.2) is 9.78 Å². The van der Waals surface area contributed by atoms with Gasteiger partial charge in [-0.2, -0.15) is 0 Å². The van der Waals surface area contributed by atoms with E-state index >= 15 is 0 Å². The van der Waals surface area contributed by atoms with E-state index in [1.54, 1.807) is 30.3 Å². The summed E-state index contributed by atoms with van der Waals surface area (Å²) in [7, 11) is 0. The summed E-state index contributed by atoms with van der Waals surface area (Å²) >= 11 is 0. The van der Waals surface area contributed by atoms with E-state index in [9.17, 15) is 9.59 Å². The number of aromatic nitrogens is 2. The molecule has 0 radical (unpaired) electrons. The first-order chi connectivity index (χ1) is 11.7. The number of benzene rings is 2. The summed E-state index contributed by atoms with van der Waals surface area (Å²) in [6.07, 6.45) is 2.91. The van der Waals surface area contributed by atoms with Crippen molar-refractivity contribution in [2.24, 2.45) is 0 Å². The van der Waals surface area contributed by atoms with Crippen LogP contribution < -0.4 is 15.7 Å². The first-order valence-electron chi connectivity index (χ1n) is 7.35. The van der Waals surface area contributed by atoms with Gasteiger partial charge in [0.2, 0.25) is 5.91 Å². The minimum Gasteiger partial charge on any atom is -0.457 e. The highest BCUT2D eigenvalue weighted by molar-refractivity contribution is 5.90. The number of amides is 1. The van der Waals surface area contributed by atoms with E-state index < -0.39 is 5.69 Å². The van der Waals surface area contributed by atoms with Crippen molar-refractivity contribution >= 4 is 11.6 Å². The first kappa shape index (κ1) is 15.5. The monoisotopic (exact) mass is 321 g/mol. The highest BCUT2D eigenvalue weighted by atomic mass is 16.5. The zero-order chi connectivity index (χ0) is 16.8. The van der Waals surface area contributed by atoms with Gasteiger partial charge in [-0.1, -0.05) is 18.2 Å². The summed E-state index contributed by atoms with van der Waals surface area (Å²) in [5.74, 6) is 1.11. The lowest BCUT2D eigenvalue weighted by molar-refractivity contribution is -0.116. The van der Waals surface area contributed by atoms with E-state index in [1.807, 2.05) is 30.3 Å². The van der Waals surface area contributed by atoms with E-state index in [4.69, 9.17) is 4.74 Å². The number of carbonyl (C=O) groups is 1. The van der Waals surface area contributed by atoms with Crippen LogP contribution in [0.25, 0.3) is 0 Å². The van der Waals surface area contributed by atoms with E-state index in [0.29, 0.717) is 11.4 Å². The molecule has 120 valence electrons. The number of para-hydroxylation sites is 1. The van der Waals surface area contributed by atoms with Gasteiger partial charge in [0.25, 0.3) is 0 Å². The third-order valence-corrected chi connectivity index (χ3v) is 3.21. The number of anilines is 1. The largest absolute Gasteiger partial charge is 0.457 e. The average molecular weight is 321 g/mol. The molecule has 3 aromatic rings. The van der Waals surface area contributed by atoms with E-state index in [-0.39, 0.29) is 12.5 Å². The van der Waals surface area contributed by atoms with Crippen LogP contribution in [0.4, 0.5) is 5.69 Å². The maximum Gasteiger partial charge on any atom is 0.347 e. The van der Waals surface area contributed by atoms with Gasteiger partial charge in [-0.05, 0) is 42.5 Å². The van der Waals surface area contributed by atoms with Gasteiger partial charge in [0.1, 0.15) is 18.0 Å². The zero-order valence-electron chi connectivity index (χ0n) is 12.8. The van der Waals surface area contributed by atoms with Crippen LogP contribution in [0.1, 0.15) is 0 Å². The molecule has 1 N–H and O–H groups in total. The molecule has 0 bridgehead atoms. The van der Waals surface area contributed by atoms with Crippen LogP contribution in [0.15, 0.2) is 77.9 Å². The minimum absolute atomic E-state index is 0.0884. The SMILES string of the molecule is O=C(Cn1cccnc1=O)Nc1ccc(Oc2ccccc2)cc1. The summed E-state index contributed by atoms with van der Waals surface area (Å²) in [6, 6.07) is 18.0. The van der Waals surface area contributed by atoms with Crippen LogP contribution >= 0.6 is 0 Å². The summed E-state index contributed by atoms with van der Waals surface area (Å²) in [5.41, 5.74) is 0.164. The number of nitrogens with zero attached hydrogens (tertiary/aromatic N) is 2. The molecule has 2 aromatic carbocycles. The Hall–Kier alpha value is -3.41. The van der Waals surface area contributed by atoms with Crippen LogP contribution in [-0.4, -0.2) is 15.5 Å². The molecule has 1 heterocycles. The molecule has 0 saturated heterocycles. The number of hydrogen-bond donors (Lipinski definition) is 1. The molecular weight excluding hydrogens is 306 g/mol. The third kappa shape index (κ3) is 4.07. The summed E-state index contributed by atoms with van der Waals surface area (Å²) in [4.78, 5) is 27.1. The lowest BCUT2D eigenvalue weighted by Gasteiger charge is -2.08. The van der Waals surface area contributed by atoms with Crippen LogP contribution in [0, 0.1) is 0 Å². The molecule has 0 fully saturated rings. The van der Waals surface area contributed by atoms with E-state index in [0.717, 1.165) is 5.75 Å². The van der Waals surface area contributed by atoms with Gasteiger partial charge in [0, 0.05) is 18.1 Å². The molecule has 0 spiro atoms. The highest BCUT2D eigenvalue weighted by Gasteiger charge is 2.05. The van der Waals surface area contributed by atoms with Gasteiger partial charge >= 0.3 is 5.69 Å². The molecule has 0 aliphatic rings. The molecule has 6 heteroatoms.